The summed E-state index contributed by atoms with van der Waals surface area (Å²) in [6.07, 6.45) is 1.87. The summed E-state index contributed by atoms with van der Waals surface area (Å²) in [5.74, 6) is 0.0369. The van der Waals surface area contributed by atoms with Crippen LogP contribution in [0.15, 0.2) is 46.8 Å². The quantitative estimate of drug-likeness (QED) is 0.694. The van der Waals surface area contributed by atoms with Crippen LogP contribution < -0.4 is 10.2 Å². The lowest BCUT2D eigenvalue weighted by atomic mass is 10.1. The number of amides is 1. The SMILES string of the molecule is C=CC[NH+](CC(=O)Nc1c(C)cccc1C)Cc1ccc(Br)s1. The molecule has 2 rings (SSSR count). The van der Waals surface area contributed by atoms with Crippen molar-refractivity contribution in [2.45, 2.75) is 20.4 Å². The molecule has 1 atom stereocenters. The average Bonchev–Trinajstić information content (AvgIpc) is 2.88. The molecular formula is C18H22BrN2OS+. The Bertz CT molecular complexity index is 676. The third-order valence-corrected chi connectivity index (χ3v) is 5.27. The highest BCUT2D eigenvalue weighted by molar-refractivity contribution is 9.11. The van der Waals surface area contributed by atoms with Crippen LogP contribution in [0.2, 0.25) is 0 Å². The molecule has 2 N–H and O–H groups in total. The summed E-state index contributed by atoms with van der Waals surface area (Å²) in [5, 5.41) is 3.06. The number of para-hydroxylation sites is 1. The van der Waals surface area contributed by atoms with Gasteiger partial charge in [-0.2, -0.15) is 0 Å². The monoisotopic (exact) mass is 393 g/mol. The van der Waals surface area contributed by atoms with Gasteiger partial charge in [0.05, 0.1) is 15.2 Å². The molecule has 0 spiro atoms. The fraction of sp³-hybridized carbons (Fsp3) is 0.278. The second-order valence-corrected chi connectivity index (χ2v) is 8.16. The van der Waals surface area contributed by atoms with Gasteiger partial charge in [-0.15, -0.1) is 11.3 Å². The van der Waals surface area contributed by atoms with Crippen LogP contribution in [0.1, 0.15) is 16.0 Å². The first-order valence-corrected chi connectivity index (χ1v) is 9.15. The summed E-state index contributed by atoms with van der Waals surface area (Å²) < 4.78 is 1.12. The molecule has 5 heteroatoms. The van der Waals surface area contributed by atoms with Gasteiger partial charge >= 0.3 is 0 Å². The van der Waals surface area contributed by atoms with E-state index >= 15 is 0 Å². The molecule has 0 aliphatic carbocycles. The number of nitrogens with one attached hydrogen (secondary N) is 2. The van der Waals surface area contributed by atoms with Gasteiger partial charge in [-0.05, 0) is 59.1 Å². The molecule has 0 fully saturated rings. The van der Waals surface area contributed by atoms with Crippen molar-refractivity contribution < 1.29 is 9.69 Å². The van der Waals surface area contributed by atoms with Gasteiger partial charge in [0, 0.05) is 5.69 Å². The van der Waals surface area contributed by atoms with Crippen molar-refractivity contribution in [3.8, 4) is 0 Å². The summed E-state index contributed by atoms with van der Waals surface area (Å²) >= 11 is 5.19. The number of thiophene rings is 1. The van der Waals surface area contributed by atoms with E-state index in [1.807, 2.05) is 44.2 Å². The number of carbonyl (C=O) groups is 1. The highest BCUT2D eigenvalue weighted by Gasteiger charge is 2.16. The fourth-order valence-electron chi connectivity index (χ4n) is 2.53. The Hall–Kier alpha value is -1.43. The summed E-state index contributed by atoms with van der Waals surface area (Å²) in [4.78, 5) is 14.9. The Kier molecular flexibility index (Phi) is 6.57. The first-order chi connectivity index (χ1) is 11.0. The minimum Gasteiger partial charge on any atom is -0.321 e. The van der Waals surface area contributed by atoms with Crippen molar-refractivity contribution in [1.82, 2.24) is 0 Å². The molecule has 1 unspecified atom stereocenters. The van der Waals surface area contributed by atoms with Gasteiger partial charge in [-0.25, -0.2) is 0 Å². The lowest BCUT2D eigenvalue weighted by Gasteiger charge is -2.18. The molecule has 122 valence electrons. The van der Waals surface area contributed by atoms with Crippen molar-refractivity contribution >= 4 is 38.9 Å². The molecule has 0 aliphatic heterocycles. The van der Waals surface area contributed by atoms with E-state index in [1.54, 1.807) is 11.3 Å². The summed E-state index contributed by atoms with van der Waals surface area (Å²) in [7, 11) is 0. The number of hydrogen-bond acceptors (Lipinski definition) is 2. The van der Waals surface area contributed by atoms with E-state index in [4.69, 9.17) is 0 Å². The van der Waals surface area contributed by atoms with Crippen LogP contribution in [0.3, 0.4) is 0 Å². The highest BCUT2D eigenvalue weighted by Crippen LogP contribution is 2.21. The zero-order valence-electron chi connectivity index (χ0n) is 13.5. The van der Waals surface area contributed by atoms with E-state index in [1.165, 1.54) is 9.78 Å². The van der Waals surface area contributed by atoms with Crippen LogP contribution in [0, 0.1) is 13.8 Å². The fourth-order valence-corrected chi connectivity index (χ4v) is 4.08. The zero-order valence-corrected chi connectivity index (χ0v) is 15.9. The van der Waals surface area contributed by atoms with Gasteiger partial charge in [0.2, 0.25) is 0 Å². The van der Waals surface area contributed by atoms with Crippen LogP contribution in [0.25, 0.3) is 0 Å². The van der Waals surface area contributed by atoms with E-state index in [0.717, 1.165) is 33.7 Å². The van der Waals surface area contributed by atoms with Crippen molar-refractivity contribution in [3.05, 3.63) is 62.8 Å². The maximum atomic E-state index is 12.4. The molecule has 0 aliphatic rings. The van der Waals surface area contributed by atoms with Gasteiger partial charge in [0.1, 0.15) is 6.54 Å². The minimum atomic E-state index is 0.0369. The number of rotatable bonds is 7. The van der Waals surface area contributed by atoms with Crippen molar-refractivity contribution in [1.29, 1.82) is 0 Å². The molecule has 2 aromatic rings. The Morgan fingerprint density at radius 2 is 2.00 bits per heavy atom. The van der Waals surface area contributed by atoms with Gasteiger partial charge in [-0.3, -0.25) is 4.79 Å². The van der Waals surface area contributed by atoms with E-state index in [2.05, 4.69) is 33.9 Å². The molecule has 0 radical (unpaired) electrons. The average molecular weight is 394 g/mol. The third kappa shape index (κ3) is 5.30. The smallest absolute Gasteiger partial charge is 0.279 e. The van der Waals surface area contributed by atoms with Gasteiger partial charge in [0.25, 0.3) is 5.91 Å². The lowest BCUT2D eigenvalue weighted by molar-refractivity contribution is -0.899. The Labute approximate surface area is 150 Å². The number of aryl methyl sites for hydroxylation is 2. The van der Waals surface area contributed by atoms with E-state index < -0.39 is 0 Å². The number of anilines is 1. The van der Waals surface area contributed by atoms with Crippen LogP contribution in [0.5, 0.6) is 0 Å². The molecule has 0 saturated heterocycles. The Morgan fingerprint density at radius 3 is 2.57 bits per heavy atom. The molecule has 0 saturated carbocycles. The van der Waals surface area contributed by atoms with Crippen LogP contribution in [0.4, 0.5) is 5.69 Å². The van der Waals surface area contributed by atoms with E-state index in [9.17, 15) is 4.79 Å². The third-order valence-electron chi connectivity index (χ3n) is 3.64. The molecule has 0 bridgehead atoms. The zero-order chi connectivity index (χ0) is 16.8. The number of carbonyl (C=O) groups excluding carboxylic acids is 1. The van der Waals surface area contributed by atoms with Gasteiger partial charge in [0.15, 0.2) is 6.54 Å². The lowest BCUT2D eigenvalue weighted by Crippen LogP contribution is -3.11. The first-order valence-electron chi connectivity index (χ1n) is 7.54. The first kappa shape index (κ1) is 17.9. The summed E-state index contributed by atoms with van der Waals surface area (Å²) in [6.45, 7) is 9.84. The second-order valence-electron chi connectivity index (χ2n) is 5.62. The molecule has 1 amide bonds. The number of hydrogen-bond donors (Lipinski definition) is 2. The molecule has 3 nitrogen and oxygen atoms in total. The molecule has 1 heterocycles. The predicted octanol–water partition coefficient (Wildman–Crippen LogP) is 3.34. The second kappa shape index (κ2) is 8.43. The van der Waals surface area contributed by atoms with Gasteiger partial charge in [-0.1, -0.05) is 24.8 Å². The number of benzene rings is 1. The van der Waals surface area contributed by atoms with Gasteiger partial charge < -0.3 is 10.2 Å². The highest BCUT2D eigenvalue weighted by atomic mass is 79.9. The summed E-state index contributed by atoms with van der Waals surface area (Å²) in [6, 6.07) is 10.2. The topological polar surface area (TPSA) is 33.5 Å². The summed E-state index contributed by atoms with van der Waals surface area (Å²) in [5.41, 5.74) is 3.10. The largest absolute Gasteiger partial charge is 0.321 e. The number of halogens is 1. The maximum absolute atomic E-state index is 12.4. The number of quaternary nitrogens is 1. The Balaban J connectivity index is 2.01. The minimum absolute atomic E-state index is 0.0369. The van der Waals surface area contributed by atoms with Crippen LogP contribution in [-0.2, 0) is 11.3 Å². The van der Waals surface area contributed by atoms with Crippen LogP contribution in [-0.4, -0.2) is 19.0 Å². The standard InChI is InChI=1S/C18H21BrN2OS/c1-4-10-21(11-15-8-9-16(19)23-15)12-17(22)20-18-13(2)6-5-7-14(18)3/h4-9H,1,10-12H2,2-3H3,(H,20,22)/p+1. The molecule has 23 heavy (non-hydrogen) atoms. The van der Waals surface area contributed by atoms with E-state index in [0.29, 0.717) is 6.54 Å². The molecule has 1 aromatic heterocycles. The molecular weight excluding hydrogens is 372 g/mol. The van der Waals surface area contributed by atoms with Crippen molar-refractivity contribution in [2.24, 2.45) is 0 Å². The predicted molar refractivity (Wildman–Crippen MR) is 101 cm³/mol. The Morgan fingerprint density at radius 1 is 1.30 bits per heavy atom. The van der Waals surface area contributed by atoms with Crippen molar-refractivity contribution in [2.75, 3.05) is 18.4 Å². The maximum Gasteiger partial charge on any atom is 0.279 e. The van der Waals surface area contributed by atoms with Crippen LogP contribution >= 0.6 is 27.3 Å². The normalized spacial score (nSPS) is 12.0. The van der Waals surface area contributed by atoms with Crippen molar-refractivity contribution in [3.63, 3.8) is 0 Å². The molecule has 1 aromatic carbocycles. The van der Waals surface area contributed by atoms with E-state index in [-0.39, 0.29) is 5.91 Å².